The van der Waals surface area contributed by atoms with Crippen molar-refractivity contribution < 1.29 is 4.79 Å². The molecule has 0 aliphatic heterocycles. The highest BCUT2D eigenvalue weighted by molar-refractivity contribution is 5.82. The van der Waals surface area contributed by atoms with E-state index in [1.165, 1.54) is 6.20 Å². The molecule has 0 saturated carbocycles. The van der Waals surface area contributed by atoms with Crippen LogP contribution in [0, 0.1) is 0 Å². The summed E-state index contributed by atoms with van der Waals surface area (Å²) in [5, 5.41) is 0.446. The van der Waals surface area contributed by atoms with Crippen LogP contribution >= 0.6 is 0 Å². The largest absolute Gasteiger partial charge is 0.349 e. The molecule has 0 atom stereocenters. The van der Waals surface area contributed by atoms with Crippen LogP contribution in [0.5, 0.6) is 0 Å². The van der Waals surface area contributed by atoms with Crippen molar-refractivity contribution >= 4 is 5.91 Å². The number of hydrogen-bond acceptors (Lipinski definition) is 4. The number of aromatic amines is 1. The number of nitrogens with zero attached hydrogens (tertiary/aromatic N) is 2. The molecule has 1 aromatic heterocycles. The van der Waals surface area contributed by atoms with E-state index in [0.29, 0.717) is 9.79 Å². The molecule has 0 aliphatic rings. The summed E-state index contributed by atoms with van der Waals surface area (Å²) in [5.41, 5.74) is -1.42. The van der Waals surface area contributed by atoms with Crippen molar-refractivity contribution in [3.63, 3.8) is 0 Å². The van der Waals surface area contributed by atoms with Gasteiger partial charge in [-0.3, -0.25) is 9.59 Å². The van der Waals surface area contributed by atoms with Gasteiger partial charge in [0.25, 0.3) is 11.5 Å². The van der Waals surface area contributed by atoms with Crippen molar-refractivity contribution in [2.24, 2.45) is 5.84 Å². The summed E-state index contributed by atoms with van der Waals surface area (Å²) in [6.07, 6.45) is 1.18. The van der Waals surface area contributed by atoms with Gasteiger partial charge in [-0.2, -0.15) is 5.12 Å². The highest BCUT2D eigenvalue weighted by atomic mass is 16.2. The number of H-pyrrole nitrogens is 1. The van der Waals surface area contributed by atoms with Crippen molar-refractivity contribution in [3.8, 4) is 0 Å². The quantitative estimate of drug-likeness (QED) is 0.296. The second kappa shape index (κ2) is 3.23. The highest BCUT2D eigenvalue weighted by Gasteiger charge is 2.09. The smallest absolute Gasteiger partial charge is 0.312 e. The Hall–Kier alpha value is -1.89. The van der Waals surface area contributed by atoms with Crippen molar-refractivity contribution in [2.75, 3.05) is 5.12 Å². The minimum atomic E-state index is -0.759. The molecule has 7 heteroatoms. The summed E-state index contributed by atoms with van der Waals surface area (Å²) in [4.78, 5) is 35.0. The molecule has 1 aromatic rings. The van der Waals surface area contributed by atoms with E-state index in [9.17, 15) is 14.4 Å². The fraction of sp³-hybridized carbons (Fsp3) is 0.167. The Morgan fingerprint density at radius 2 is 2.23 bits per heavy atom. The van der Waals surface area contributed by atoms with Crippen LogP contribution in [0.1, 0.15) is 6.92 Å². The summed E-state index contributed by atoms with van der Waals surface area (Å²) < 4.78 is 0.502. The van der Waals surface area contributed by atoms with E-state index < -0.39 is 17.2 Å². The Labute approximate surface area is 72.3 Å². The molecule has 7 nitrogen and oxygen atoms in total. The first-order valence-electron chi connectivity index (χ1n) is 3.40. The average Bonchev–Trinajstić information content (AvgIpc) is 2.03. The van der Waals surface area contributed by atoms with Gasteiger partial charge in [-0.25, -0.2) is 10.6 Å². The predicted molar refractivity (Wildman–Crippen MR) is 44.4 cm³/mol. The van der Waals surface area contributed by atoms with Gasteiger partial charge < -0.3 is 4.98 Å². The molecule has 13 heavy (non-hydrogen) atoms. The Balaban J connectivity index is 3.37. The zero-order valence-electron chi connectivity index (χ0n) is 6.85. The van der Waals surface area contributed by atoms with Crippen LogP contribution in [0.15, 0.2) is 21.9 Å². The summed E-state index contributed by atoms with van der Waals surface area (Å²) in [5.74, 6) is 4.55. The lowest BCUT2D eigenvalue weighted by molar-refractivity contribution is -0.118. The molecule has 70 valence electrons. The number of rotatable bonds is 1. The molecule has 0 aliphatic carbocycles. The average molecular weight is 184 g/mol. The van der Waals surface area contributed by atoms with Gasteiger partial charge in [0.1, 0.15) is 0 Å². The SMILES string of the molecule is CC(=O)N(N)n1c(=O)cc[nH]c1=O. The summed E-state index contributed by atoms with van der Waals surface area (Å²) in [6.45, 7) is 1.14. The van der Waals surface area contributed by atoms with E-state index >= 15 is 0 Å². The number of hydrazine groups is 1. The molecule has 1 heterocycles. The van der Waals surface area contributed by atoms with Gasteiger partial charge in [0.2, 0.25) is 0 Å². The monoisotopic (exact) mass is 184 g/mol. The van der Waals surface area contributed by atoms with Crippen LogP contribution in [-0.4, -0.2) is 15.6 Å². The highest BCUT2D eigenvalue weighted by Crippen LogP contribution is 1.72. The van der Waals surface area contributed by atoms with Gasteiger partial charge in [-0.05, 0) is 0 Å². The summed E-state index contributed by atoms with van der Waals surface area (Å²) in [7, 11) is 0. The second-order valence-corrected chi connectivity index (χ2v) is 2.30. The normalized spacial score (nSPS) is 9.69. The first-order valence-corrected chi connectivity index (χ1v) is 3.40. The minimum absolute atomic E-state index is 0.446. The number of carbonyl (C=O) groups excluding carboxylic acids is 1. The van der Waals surface area contributed by atoms with E-state index in [2.05, 4.69) is 4.98 Å². The Morgan fingerprint density at radius 1 is 1.62 bits per heavy atom. The van der Waals surface area contributed by atoms with E-state index in [1.807, 2.05) is 0 Å². The maximum atomic E-state index is 11.1. The van der Waals surface area contributed by atoms with Gasteiger partial charge in [0.15, 0.2) is 0 Å². The lowest BCUT2D eigenvalue weighted by atomic mass is 10.6. The van der Waals surface area contributed by atoms with Gasteiger partial charge >= 0.3 is 5.69 Å². The molecule has 0 radical (unpaired) electrons. The zero-order chi connectivity index (χ0) is 10.0. The first-order chi connectivity index (χ1) is 6.04. The third-order valence-corrected chi connectivity index (χ3v) is 1.37. The number of hydrogen-bond donors (Lipinski definition) is 2. The third kappa shape index (κ3) is 1.64. The lowest BCUT2D eigenvalue weighted by Gasteiger charge is -2.13. The van der Waals surface area contributed by atoms with E-state index in [-0.39, 0.29) is 0 Å². The molecule has 0 aromatic carbocycles. The van der Waals surface area contributed by atoms with Crippen LogP contribution in [0.25, 0.3) is 0 Å². The zero-order valence-corrected chi connectivity index (χ0v) is 6.85. The van der Waals surface area contributed by atoms with Crippen LogP contribution in [-0.2, 0) is 4.79 Å². The van der Waals surface area contributed by atoms with Gasteiger partial charge in [-0.15, -0.1) is 4.68 Å². The Bertz CT molecular complexity index is 404. The number of nitrogens with one attached hydrogen (secondary N) is 1. The predicted octanol–water partition coefficient (Wildman–Crippen LogP) is -2.11. The van der Waals surface area contributed by atoms with Crippen LogP contribution in [0.4, 0.5) is 0 Å². The molecular weight excluding hydrogens is 176 g/mol. The maximum Gasteiger partial charge on any atom is 0.349 e. The summed E-state index contributed by atoms with van der Waals surface area (Å²) >= 11 is 0. The molecule has 1 rings (SSSR count). The second-order valence-electron chi connectivity index (χ2n) is 2.30. The topological polar surface area (TPSA) is 101 Å². The van der Waals surface area contributed by atoms with Crippen LogP contribution in [0.3, 0.4) is 0 Å². The van der Waals surface area contributed by atoms with Crippen molar-refractivity contribution in [2.45, 2.75) is 6.92 Å². The Kier molecular flexibility index (Phi) is 2.29. The fourth-order valence-electron chi connectivity index (χ4n) is 0.761. The van der Waals surface area contributed by atoms with Crippen LogP contribution < -0.4 is 22.2 Å². The van der Waals surface area contributed by atoms with E-state index in [0.717, 1.165) is 13.0 Å². The van der Waals surface area contributed by atoms with Gasteiger partial charge in [0, 0.05) is 19.2 Å². The number of nitrogens with two attached hydrogens (primary N) is 1. The molecule has 0 unspecified atom stereocenters. The first kappa shape index (κ1) is 9.20. The Morgan fingerprint density at radius 3 is 2.69 bits per heavy atom. The molecule has 0 spiro atoms. The van der Waals surface area contributed by atoms with Crippen molar-refractivity contribution in [3.05, 3.63) is 33.1 Å². The number of aromatic nitrogens is 2. The maximum absolute atomic E-state index is 11.1. The van der Waals surface area contributed by atoms with E-state index in [1.54, 1.807) is 0 Å². The lowest BCUT2D eigenvalue weighted by Crippen LogP contribution is -2.56. The number of carbonyl (C=O) groups is 1. The molecule has 0 bridgehead atoms. The minimum Gasteiger partial charge on any atom is -0.312 e. The fourth-order valence-corrected chi connectivity index (χ4v) is 0.761. The van der Waals surface area contributed by atoms with Crippen LogP contribution in [0.2, 0.25) is 0 Å². The molecule has 0 saturated heterocycles. The van der Waals surface area contributed by atoms with Gasteiger partial charge in [0.05, 0.1) is 0 Å². The molecule has 1 amide bonds. The standard InChI is InChI=1S/C6H8N4O3/c1-4(11)10(7)9-5(12)2-3-8-6(9)13/h2-3H,7H2,1H3,(H,8,13). The third-order valence-electron chi connectivity index (χ3n) is 1.37. The van der Waals surface area contributed by atoms with Crippen molar-refractivity contribution in [1.29, 1.82) is 0 Å². The molecular formula is C6H8N4O3. The molecule has 0 fully saturated rings. The van der Waals surface area contributed by atoms with Gasteiger partial charge in [-0.1, -0.05) is 0 Å². The summed E-state index contributed by atoms with van der Waals surface area (Å²) in [6, 6.07) is 1.09. The van der Waals surface area contributed by atoms with E-state index in [4.69, 9.17) is 5.84 Å². The number of amides is 1. The van der Waals surface area contributed by atoms with Crippen molar-refractivity contribution in [1.82, 2.24) is 9.66 Å². The molecule has 3 N–H and O–H groups in total.